The molecule has 1 amide bonds. The van der Waals surface area contributed by atoms with Gasteiger partial charge in [-0.2, -0.15) is 5.10 Å². The van der Waals surface area contributed by atoms with Crippen molar-refractivity contribution in [3.63, 3.8) is 0 Å². The molecule has 0 aromatic carbocycles. The van der Waals surface area contributed by atoms with Crippen LogP contribution in [0.4, 0.5) is 0 Å². The maximum absolute atomic E-state index is 12.0. The van der Waals surface area contributed by atoms with Gasteiger partial charge in [0.15, 0.2) is 0 Å². The second-order valence-corrected chi connectivity index (χ2v) is 3.66. The van der Waals surface area contributed by atoms with Crippen LogP contribution in [0.2, 0.25) is 0 Å². The summed E-state index contributed by atoms with van der Waals surface area (Å²) in [7, 11) is 0. The van der Waals surface area contributed by atoms with E-state index in [2.05, 4.69) is 10.2 Å². The van der Waals surface area contributed by atoms with Gasteiger partial charge in [0.1, 0.15) is 5.69 Å². The minimum absolute atomic E-state index is 0.0452. The minimum atomic E-state index is -0.0681. The van der Waals surface area contributed by atoms with E-state index in [1.807, 2.05) is 0 Å². The first kappa shape index (κ1) is 10.4. The Morgan fingerprint density at radius 3 is 3.33 bits per heavy atom. The first-order valence-corrected chi connectivity index (χ1v) is 5.30. The van der Waals surface area contributed by atoms with Gasteiger partial charge in [-0.05, 0) is 6.07 Å². The smallest absolute Gasteiger partial charge is 0.272 e. The van der Waals surface area contributed by atoms with Gasteiger partial charge in [0.2, 0.25) is 0 Å². The van der Waals surface area contributed by atoms with Crippen molar-refractivity contribution in [2.24, 2.45) is 0 Å². The number of nitrogens with one attached hydrogen (secondary N) is 1. The lowest BCUT2D eigenvalue weighted by atomic mass is 10.2. The molecule has 0 radical (unpaired) electrons. The SMILES string of the molecule is O=C(c1ccn[nH]1)N1CCOCC1CCl. The predicted molar refractivity (Wildman–Crippen MR) is 55.0 cm³/mol. The van der Waals surface area contributed by atoms with Gasteiger partial charge in [0.25, 0.3) is 5.91 Å². The van der Waals surface area contributed by atoms with Gasteiger partial charge in [-0.1, -0.05) is 0 Å². The number of rotatable bonds is 2. The zero-order valence-corrected chi connectivity index (χ0v) is 8.91. The van der Waals surface area contributed by atoms with Gasteiger partial charge in [0, 0.05) is 18.6 Å². The number of nitrogens with zero attached hydrogens (tertiary/aromatic N) is 2. The number of hydrogen-bond acceptors (Lipinski definition) is 3. The van der Waals surface area contributed by atoms with E-state index in [1.54, 1.807) is 17.2 Å². The molecule has 15 heavy (non-hydrogen) atoms. The quantitative estimate of drug-likeness (QED) is 0.751. The highest BCUT2D eigenvalue weighted by Crippen LogP contribution is 2.12. The molecule has 1 aliphatic heterocycles. The summed E-state index contributed by atoms with van der Waals surface area (Å²) in [5, 5.41) is 6.41. The minimum Gasteiger partial charge on any atom is -0.377 e. The highest BCUT2D eigenvalue weighted by atomic mass is 35.5. The average molecular weight is 230 g/mol. The molecule has 0 saturated carbocycles. The van der Waals surface area contributed by atoms with Crippen molar-refractivity contribution in [2.75, 3.05) is 25.6 Å². The number of aromatic amines is 1. The zero-order chi connectivity index (χ0) is 10.7. The standard InChI is InChI=1S/C9H12ClN3O2/c10-5-7-6-15-4-3-13(7)9(14)8-1-2-11-12-8/h1-2,7H,3-6H2,(H,11,12). The molecular weight excluding hydrogens is 218 g/mol. The molecule has 5 nitrogen and oxygen atoms in total. The van der Waals surface area contributed by atoms with E-state index < -0.39 is 0 Å². The molecule has 0 bridgehead atoms. The normalized spacial score (nSPS) is 21.7. The van der Waals surface area contributed by atoms with Crippen molar-refractivity contribution >= 4 is 17.5 Å². The van der Waals surface area contributed by atoms with Crippen LogP contribution in [-0.2, 0) is 4.74 Å². The number of carbonyl (C=O) groups is 1. The van der Waals surface area contributed by atoms with Crippen LogP contribution in [0.5, 0.6) is 0 Å². The molecule has 2 rings (SSSR count). The van der Waals surface area contributed by atoms with E-state index in [0.717, 1.165) is 0 Å². The molecule has 1 aromatic heterocycles. The number of aromatic nitrogens is 2. The maximum atomic E-state index is 12.0. The molecule has 1 saturated heterocycles. The number of ether oxygens (including phenoxy) is 1. The number of morpholine rings is 1. The fraction of sp³-hybridized carbons (Fsp3) is 0.556. The van der Waals surface area contributed by atoms with Crippen LogP contribution in [-0.4, -0.2) is 52.7 Å². The summed E-state index contributed by atoms with van der Waals surface area (Å²) in [4.78, 5) is 13.7. The van der Waals surface area contributed by atoms with Crippen LogP contribution in [0, 0.1) is 0 Å². The predicted octanol–water partition coefficient (Wildman–Crippen LogP) is 0.489. The number of halogens is 1. The highest BCUT2D eigenvalue weighted by molar-refractivity contribution is 6.18. The molecule has 2 heterocycles. The largest absolute Gasteiger partial charge is 0.377 e. The topological polar surface area (TPSA) is 58.2 Å². The Hall–Kier alpha value is -1.07. The molecular formula is C9H12ClN3O2. The van der Waals surface area contributed by atoms with Gasteiger partial charge in [-0.25, -0.2) is 0 Å². The third kappa shape index (κ3) is 2.13. The summed E-state index contributed by atoms with van der Waals surface area (Å²) in [6.45, 7) is 1.64. The Morgan fingerprint density at radius 1 is 1.80 bits per heavy atom. The van der Waals surface area contributed by atoms with Gasteiger partial charge >= 0.3 is 0 Å². The Balaban J connectivity index is 2.11. The fourth-order valence-electron chi connectivity index (χ4n) is 1.58. The third-order valence-corrected chi connectivity index (χ3v) is 2.75. The Morgan fingerprint density at radius 2 is 2.67 bits per heavy atom. The van der Waals surface area contributed by atoms with Gasteiger partial charge in [-0.15, -0.1) is 11.6 Å². The summed E-state index contributed by atoms with van der Waals surface area (Å²) in [6.07, 6.45) is 1.56. The molecule has 1 N–H and O–H groups in total. The lowest BCUT2D eigenvalue weighted by Crippen LogP contribution is -2.49. The highest BCUT2D eigenvalue weighted by Gasteiger charge is 2.27. The summed E-state index contributed by atoms with van der Waals surface area (Å²) in [5.41, 5.74) is 0.493. The molecule has 1 fully saturated rings. The average Bonchev–Trinajstić information content (AvgIpc) is 2.81. The first-order valence-electron chi connectivity index (χ1n) is 4.77. The zero-order valence-electron chi connectivity index (χ0n) is 8.15. The molecule has 1 unspecified atom stereocenters. The first-order chi connectivity index (χ1) is 7.33. The maximum Gasteiger partial charge on any atom is 0.272 e. The van der Waals surface area contributed by atoms with E-state index >= 15 is 0 Å². The summed E-state index contributed by atoms with van der Waals surface area (Å²) < 4.78 is 5.27. The van der Waals surface area contributed by atoms with E-state index in [1.165, 1.54) is 0 Å². The number of alkyl halides is 1. The molecule has 82 valence electrons. The molecule has 0 aliphatic carbocycles. The van der Waals surface area contributed by atoms with Crippen molar-refractivity contribution in [3.05, 3.63) is 18.0 Å². The lowest BCUT2D eigenvalue weighted by molar-refractivity contribution is 0.00423. The summed E-state index contributed by atoms with van der Waals surface area (Å²) in [6, 6.07) is 1.61. The molecule has 6 heteroatoms. The molecule has 0 spiro atoms. The van der Waals surface area contributed by atoms with E-state index in [9.17, 15) is 4.79 Å². The number of hydrogen-bond donors (Lipinski definition) is 1. The van der Waals surface area contributed by atoms with E-state index in [-0.39, 0.29) is 11.9 Å². The number of H-pyrrole nitrogens is 1. The van der Waals surface area contributed by atoms with Gasteiger partial charge in [0.05, 0.1) is 19.3 Å². The van der Waals surface area contributed by atoms with E-state index in [0.29, 0.717) is 31.3 Å². The van der Waals surface area contributed by atoms with Crippen LogP contribution in [0.1, 0.15) is 10.5 Å². The van der Waals surface area contributed by atoms with Crippen molar-refractivity contribution in [1.29, 1.82) is 0 Å². The van der Waals surface area contributed by atoms with Crippen LogP contribution in [0.3, 0.4) is 0 Å². The Labute approximate surface area is 92.4 Å². The van der Waals surface area contributed by atoms with Crippen molar-refractivity contribution < 1.29 is 9.53 Å². The van der Waals surface area contributed by atoms with Crippen molar-refractivity contribution in [1.82, 2.24) is 15.1 Å². The van der Waals surface area contributed by atoms with Crippen molar-refractivity contribution in [3.8, 4) is 0 Å². The van der Waals surface area contributed by atoms with Gasteiger partial charge in [-0.3, -0.25) is 9.89 Å². The Bertz CT molecular complexity index is 328. The monoisotopic (exact) mass is 229 g/mol. The second kappa shape index (κ2) is 4.63. The summed E-state index contributed by atoms with van der Waals surface area (Å²) >= 11 is 5.78. The Kier molecular flexibility index (Phi) is 3.23. The third-order valence-electron chi connectivity index (χ3n) is 2.40. The van der Waals surface area contributed by atoms with Crippen LogP contribution in [0.25, 0.3) is 0 Å². The molecule has 1 aromatic rings. The van der Waals surface area contributed by atoms with Crippen LogP contribution < -0.4 is 0 Å². The van der Waals surface area contributed by atoms with Crippen LogP contribution in [0.15, 0.2) is 12.3 Å². The lowest BCUT2D eigenvalue weighted by Gasteiger charge is -2.34. The van der Waals surface area contributed by atoms with Crippen LogP contribution >= 0.6 is 11.6 Å². The number of amides is 1. The van der Waals surface area contributed by atoms with Crippen molar-refractivity contribution in [2.45, 2.75) is 6.04 Å². The fourth-order valence-corrected chi connectivity index (χ4v) is 1.84. The molecule has 1 atom stereocenters. The second-order valence-electron chi connectivity index (χ2n) is 3.35. The van der Waals surface area contributed by atoms with E-state index in [4.69, 9.17) is 16.3 Å². The summed E-state index contributed by atoms with van der Waals surface area (Å²) in [5.74, 6) is 0.321. The van der Waals surface area contributed by atoms with Gasteiger partial charge < -0.3 is 9.64 Å². The number of carbonyl (C=O) groups excluding carboxylic acids is 1. The molecule has 1 aliphatic rings.